The van der Waals surface area contributed by atoms with Gasteiger partial charge in [0.15, 0.2) is 0 Å². The van der Waals surface area contributed by atoms with E-state index in [2.05, 4.69) is 19.8 Å². The molecule has 5 N–H and O–H groups in total. The van der Waals surface area contributed by atoms with E-state index >= 15 is 0 Å². The normalized spacial score (nSPS) is 8.45. The zero-order valence-electron chi connectivity index (χ0n) is 5.87. The van der Waals surface area contributed by atoms with Gasteiger partial charge in [0.05, 0.1) is 0 Å². The van der Waals surface area contributed by atoms with Crippen molar-refractivity contribution in [3.8, 4) is 0 Å². The van der Waals surface area contributed by atoms with Gasteiger partial charge in [0, 0.05) is 41.3 Å². The number of hydrogen-bond donors (Lipinski definition) is 3. The standard InChI is InChI=1S/C3H5ClN6.Na/c4-10-3-8-1(5)7-2(6)9-3;/h(H5,5,6,7,8,9,10);. The Morgan fingerprint density at radius 1 is 1.09 bits per heavy atom. The molecule has 0 atom stereocenters. The van der Waals surface area contributed by atoms with Crippen molar-refractivity contribution in [3.05, 3.63) is 0 Å². The van der Waals surface area contributed by atoms with Crippen LogP contribution in [0.5, 0.6) is 0 Å². The molecule has 0 fully saturated rings. The van der Waals surface area contributed by atoms with Crippen molar-refractivity contribution < 1.29 is 0 Å². The van der Waals surface area contributed by atoms with Gasteiger partial charge in [-0.1, -0.05) is 0 Å². The second-order valence-corrected chi connectivity index (χ2v) is 1.66. The van der Waals surface area contributed by atoms with Crippen LogP contribution in [0.3, 0.4) is 0 Å². The number of nitrogens with one attached hydrogen (secondary N) is 1. The monoisotopic (exact) mass is 183 g/mol. The van der Waals surface area contributed by atoms with Gasteiger partial charge in [-0.05, 0) is 0 Å². The number of aromatic nitrogens is 3. The number of anilines is 3. The molecule has 55 valence electrons. The van der Waals surface area contributed by atoms with E-state index in [9.17, 15) is 0 Å². The van der Waals surface area contributed by atoms with Crippen LogP contribution < -0.4 is 16.3 Å². The summed E-state index contributed by atoms with van der Waals surface area (Å²) in [7, 11) is 0. The van der Waals surface area contributed by atoms with Crippen molar-refractivity contribution in [2.24, 2.45) is 0 Å². The van der Waals surface area contributed by atoms with Crippen molar-refractivity contribution in [1.82, 2.24) is 15.0 Å². The Kier molecular flexibility index (Phi) is 4.43. The minimum atomic E-state index is 0. The number of nitrogen functional groups attached to an aromatic ring is 2. The molecule has 0 saturated heterocycles. The first-order valence-electron chi connectivity index (χ1n) is 2.36. The van der Waals surface area contributed by atoms with Crippen molar-refractivity contribution in [2.75, 3.05) is 16.3 Å². The van der Waals surface area contributed by atoms with Crippen LogP contribution in [0.2, 0.25) is 0 Å². The van der Waals surface area contributed by atoms with Gasteiger partial charge in [-0.25, -0.2) is 0 Å². The molecule has 1 radical (unpaired) electrons. The third kappa shape index (κ3) is 3.06. The van der Waals surface area contributed by atoms with E-state index in [0.717, 1.165) is 0 Å². The molecule has 0 saturated carbocycles. The van der Waals surface area contributed by atoms with Gasteiger partial charge in [0.25, 0.3) is 0 Å². The Morgan fingerprint density at radius 2 is 1.55 bits per heavy atom. The van der Waals surface area contributed by atoms with Crippen molar-refractivity contribution in [2.45, 2.75) is 0 Å². The van der Waals surface area contributed by atoms with Crippen LogP contribution in [0.25, 0.3) is 0 Å². The van der Waals surface area contributed by atoms with Crippen LogP contribution in [0.1, 0.15) is 0 Å². The minimum absolute atomic E-state index is 0. The van der Waals surface area contributed by atoms with Gasteiger partial charge in [-0.2, -0.15) is 15.0 Å². The summed E-state index contributed by atoms with van der Waals surface area (Å²) in [5, 5.41) is 0. The Morgan fingerprint density at radius 3 is 1.91 bits per heavy atom. The smallest absolute Gasteiger partial charge is 0.244 e. The molecule has 1 aromatic rings. The van der Waals surface area contributed by atoms with Crippen LogP contribution in [-0.4, -0.2) is 44.5 Å². The van der Waals surface area contributed by atoms with Crippen LogP contribution in [0, 0.1) is 0 Å². The third-order valence-electron chi connectivity index (χ3n) is 0.755. The molecule has 0 aliphatic carbocycles. The van der Waals surface area contributed by atoms with Gasteiger partial charge in [-0.3, -0.25) is 4.84 Å². The Balaban J connectivity index is 0.000001000. The summed E-state index contributed by atoms with van der Waals surface area (Å²) < 4.78 is 0. The summed E-state index contributed by atoms with van der Waals surface area (Å²) >= 11 is 5.16. The van der Waals surface area contributed by atoms with E-state index in [1.54, 1.807) is 0 Å². The van der Waals surface area contributed by atoms with Gasteiger partial charge >= 0.3 is 0 Å². The molecule has 1 heterocycles. The number of rotatable bonds is 1. The second-order valence-electron chi connectivity index (χ2n) is 1.47. The Hall–Kier alpha value is -0.300. The molecule has 1 rings (SSSR count). The second kappa shape index (κ2) is 4.55. The van der Waals surface area contributed by atoms with Gasteiger partial charge in [0.1, 0.15) is 0 Å². The minimum Gasteiger partial charge on any atom is -0.368 e. The molecule has 0 spiro atoms. The maximum absolute atomic E-state index is 5.19. The molecule has 0 aromatic carbocycles. The molecule has 0 bridgehead atoms. The van der Waals surface area contributed by atoms with Crippen LogP contribution in [0.15, 0.2) is 0 Å². The summed E-state index contributed by atoms with van der Waals surface area (Å²) in [5.41, 5.74) is 10.4. The predicted octanol–water partition coefficient (Wildman–Crippen LogP) is -0.779. The molecule has 0 aliphatic rings. The topological polar surface area (TPSA) is 103 Å². The van der Waals surface area contributed by atoms with E-state index < -0.39 is 0 Å². The summed E-state index contributed by atoms with van der Waals surface area (Å²) in [6.45, 7) is 0. The number of nitrogens with two attached hydrogens (primary N) is 2. The van der Waals surface area contributed by atoms with E-state index in [1.807, 2.05) is 0 Å². The van der Waals surface area contributed by atoms with Gasteiger partial charge in [0.2, 0.25) is 17.8 Å². The van der Waals surface area contributed by atoms with E-state index in [4.69, 9.17) is 23.2 Å². The number of hydrogen-bond acceptors (Lipinski definition) is 6. The van der Waals surface area contributed by atoms with E-state index in [1.165, 1.54) is 0 Å². The van der Waals surface area contributed by atoms with E-state index in [-0.39, 0.29) is 47.4 Å². The molecule has 0 aliphatic heterocycles. The average Bonchev–Trinajstić information content (AvgIpc) is 1.85. The first-order valence-corrected chi connectivity index (χ1v) is 2.74. The summed E-state index contributed by atoms with van der Waals surface area (Å²) in [5.74, 6) is 0.220. The van der Waals surface area contributed by atoms with Crippen molar-refractivity contribution >= 4 is 59.2 Å². The molecular formula is C3H5ClN6Na. The quantitative estimate of drug-likeness (QED) is 0.390. The molecule has 1 aromatic heterocycles. The number of halogens is 1. The Bertz CT molecular complexity index is 221. The van der Waals surface area contributed by atoms with Gasteiger partial charge < -0.3 is 11.5 Å². The van der Waals surface area contributed by atoms with Crippen molar-refractivity contribution in [3.63, 3.8) is 0 Å². The molecule has 6 nitrogen and oxygen atoms in total. The first-order chi connectivity index (χ1) is 4.72. The fourth-order valence-corrected chi connectivity index (χ4v) is 0.536. The van der Waals surface area contributed by atoms with Crippen LogP contribution >= 0.6 is 11.8 Å². The maximum Gasteiger partial charge on any atom is 0.244 e. The molecular weight excluding hydrogens is 179 g/mol. The largest absolute Gasteiger partial charge is 0.368 e. The average molecular weight is 184 g/mol. The fraction of sp³-hybridized carbons (Fsp3) is 0. The SMILES string of the molecule is Nc1nc(N)nc(NCl)n1.[Na]. The zero-order valence-corrected chi connectivity index (χ0v) is 8.63. The molecule has 8 heteroatoms. The summed E-state index contributed by atoms with van der Waals surface area (Å²) in [4.78, 5) is 12.8. The third-order valence-corrected chi connectivity index (χ3v) is 0.924. The molecule has 0 amide bonds. The van der Waals surface area contributed by atoms with Crippen molar-refractivity contribution in [1.29, 1.82) is 0 Å². The van der Waals surface area contributed by atoms with Gasteiger partial charge in [-0.15, -0.1) is 0 Å². The van der Waals surface area contributed by atoms with E-state index in [0.29, 0.717) is 0 Å². The van der Waals surface area contributed by atoms with Crippen LogP contribution in [0.4, 0.5) is 17.8 Å². The zero-order chi connectivity index (χ0) is 7.56. The number of nitrogens with zero attached hydrogens (tertiary/aromatic N) is 3. The predicted molar refractivity (Wildman–Crippen MR) is 43.9 cm³/mol. The summed E-state index contributed by atoms with van der Waals surface area (Å²) in [6.07, 6.45) is 0. The fourth-order valence-electron chi connectivity index (χ4n) is 0.452. The molecule has 0 unspecified atom stereocenters. The van der Waals surface area contributed by atoms with Crippen LogP contribution in [-0.2, 0) is 0 Å². The Labute approximate surface area is 90.1 Å². The summed E-state index contributed by atoms with van der Waals surface area (Å²) in [6, 6.07) is 0. The molecule has 11 heavy (non-hydrogen) atoms. The first kappa shape index (κ1) is 10.7. The maximum atomic E-state index is 5.19.